The number of nitrogens with one attached hydrogen (secondary N) is 1. The number of aromatic amines is 1. The van der Waals surface area contributed by atoms with E-state index in [1.807, 2.05) is 18.2 Å². The lowest BCUT2D eigenvalue weighted by Crippen LogP contribution is -2.61. The number of hydrogen-bond donors (Lipinski definition) is 1. The first-order valence-electron chi connectivity index (χ1n) is 11.8. The third kappa shape index (κ3) is 4.21. The van der Waals surface area contributed by atoms with Gasteiger partial charge in [-0.15, -0.1) is 5.10 Å². The zero-order chi connectivity index (χ0) is 22.1. The molecule has 2 heterocycles. The van der Waals surface area contributed by atoms with Crippen molar-refractivity contribution in [3.8, 4) is 0 Å². The van der Waals surface area contributed by atoms with Gasteiger partial charge in [0.2, 0.25) is 0 Å². The molecular weight excluding hydrogens is 401 g/mol. The summed E-state index contributed by atoms with van der Waals surface area (Å²) < 4.78 is 13.8. The monoisotopic (exact) mass is 433 g/mol. The Morgan fingerprint density at radius 2 is 1.69 bits per heavy atom. The van der Waals surface area contributed by atoms with Gasteiger partial charge in [0.15, 0.2) is 0 Å². The average molecular weight is 434 g/mol. The molecule has 1 N–H and O–H groups in total. The molecule has 0 bridgehead atoms. The lowest BCUT2D eigenvalue weighted by molar-refractivity contribution is -0.0282. The minimum atomic E-state index is -0.212. The summed E-state index contributed by atoms with van der Waals surface area (Å²) in [6.07, 6.45) is 4.71. The topological polar surface area (TPSA) is 48.1 Å². The molecule has 0 amide bonds. The van der Waals surface area contributed by atoms with Crippen LogP contribution in [0.2, 0.25) is 0 Å². The molecule has 2 aliphatic rings. The zero-order valence-corrected chi connectivity index (χ0v) is 18.9. The van der Waals surface area contributed by atoms with Crippen molar-refractivity contribution < 1.29 is 4.39 Å². The fraction of sp³-hybridized carbons (Fsp3) is 0.462. The minimum absolute atomic E-state index is 0.0299. The van der Waals surface area contributed by atoms with E-state index >= 15 is 0 Å². The number of benzene rings is 2. The molecule has 0 spiro atoms. The molecule has 1 aliphatic carbocycles. The largest absolute Gasteiger partial charge is 0.292 e. The normalized spacial score (nSPS) is 23.7. The number of rotatable bonds is 6. The van der Waals surface area contributed by atoms with Crippen LogP contribution >= 0.6 is 0 Å². The van der Waals surface area contributed by atoms with Gasteiger partial charge in [-0.1, -0.05) is 54.1 Å². The van der Waals surface area contributed by atoms with E-state index < -0.39 is 0 Å². The van der Waals surface area contributed by atoms with Gasteiger partial charge in [-0.3, -0.25) is 14.9 Å². The third-order valence-electron chi connectivity index (χ3n) is 7.20. The predicted molar refractivity (Wildman–Crippen MR) is 124 cm³/mol. The molecule has 168 valence electrons. The number of piperazine rings is 1. The second-order valence-electron chi connectivity index (χ2n) is 9.47. The first-order valence-corrected chi connectivity index (χ1v) is 11.8. The van der Waals surface area contributed by atoms with Crippen molar-refractivity contribution in [2.75, 3.05) is 13.1 Å². The zero-order valence-electron chi connectivity index (χ0n) is 18.9. The third-order valence-corrected chi connectivity index (χ3v) is 7.20. The van der Waals surface area contributed by atoms with Crippen LogP contribution < -0.4 is 0 Å². The Morgan fingerprint density at radius 1 is 1.00 bits per heavy atom. The standard InChI is InChI=1S/C26H32FN5/c1-18-16-31(17-19(2)32(18)23-9-6-10-23)26(21-11-13-22(27)14-12-21)25-24(28-30-29-25)15-20-7-4-3-5-8-20/h3-5,7-8,11-14,18-19,23,26H,6,9-10,15-17H2,1-2H3,(H,28,29,30). The Morgan fingerprint density at radius 3 is 2.31 bits per heavy atom. The first kappa shape index (κ1) is 21.3. The molecule has 1 aliphatic heterocycles. The molecule has 0 radical (unpaired) electrons. The molecule has 5 nitrogen and oxygen atoms in total. The summed E-state index contributed by atoms with van der Waals surface area (Å²) in [7, 11) is 0. The van der Waals surface area contributed by atoms with Crippen LogP contribution in [-0.4, -0.2) is 56.4 Å². The van der Waals surface area contributed by atoms with Crippen LogP contribution in [0.25, 0.3) is 0 Å². The van der Waals surface area contributed by atoms with Crippen molar-refractivity contribution in [3.63, 3.8) is 0 Å². The maximum atomic E-state index is 13.8. The fourth-order valence-electron chi connectivity index (χ4n) is 5.59. The summed E-state index contributed by atoms with van der Waals surface area (Å²) in [6.45, 7) is 6.62. The van der Waals surface area contributed by atoms with Crippen LogP contribution in [-0.2, 0) is 6.42 Å². The Balaban J connectivity index is 1.47. The van der Waals surface area contributed by atoms with Crippen molar-refractivity contribution in [1.29, 1.82) is 0 Å². The van der Waals surface area contributed by atoms with Gasteiger partial charge < -0.3 is 0 Å². The van der Waals surface area contributed by atoms with Crippen LogP contribution in [0, 0.1) is 5.82 Å². The van der Waals surface area contributed by atoms with E-state index in [2.05, 4.69) is 63.3 Å². The molecule has 3 atom stereocenters. The molecule has 3 unspecified atom stereocenters. The minimum Gasteiger partial charge on any atom is -0.292 e. The van der Waals surface area contributed by atoms with E-state index in [0.29, 0.717) is 12.1 Å². The van der Waals surface area contributed by atoms with Crippen LogP contribution in [0.5, 0.6) is 0 Å². The average Bonchev–Trinajstić information content (AvgIpc) is 3.19. The molecule has 2 aromatic carbocycles. The molecular formula is C26H32FN5. The highest BCUT2D eigenvalue weighted by Gasteiger charge is 2.40. The highest BCUT2D eigenvalue weighted by Crippen LogP contribution is 2.36. The molecule has 1 saturated carbocycles. The van der Waals surface area contributed by atoms with Crippen molar-refractivity contribution >= 4 is 0 Å². The van der Waals surface area contributed by atoms with E-state index in [-0.39, 0.29) is 11.9 Å². The predicted octanol–water partition coefficient (Wildman–Crippen LogP) is 4.57. The Labute approximate surface area is 189 Å². The molecule has 32 heavy (non-hydrogen) atoms. The van der Waals surface area contributed by atoms with Gasteiger partial charge in [-0.2, -0.15) is 0 Å². The number of hydrogen-bond acceptors (Lipinski definition) is 4. The second-order valence-corrected chi connectivity index (χ2v) is 9.47. The molecule has 3 aromatic rings. The fourth-order valence-corrected chi connectivity index (χ4v) is 5.59. The lowest BCUT2D eigenvalue weighted by Gasteiger charge is -2.52. The van der Waals surface area contributed by atoms with Gasteiger partial charge in [0.05, 0.1) is 17.4 Å². The number of aromatic nitrogens is 3. The smallest absolute Gasteiger partial charge is 0.123 e. The Kier molecular flexibility index (Phi) is 6.07. The van der Waals surface area contributed by atoms with Crippen molar-refractivity contribution in [2.45, 2.75) is 63.7 Å². The van der Waals surface area contributed by atoms with Gasteiger partial charge in [0.25, 0.3) is 0 Å². The van der Waals surface area contributed by atoms with E-state index in [1.165, 1.54) is 24.8 Å². The summed E-state index contributed by atoms with van der Waals surface area (Å²) >= 11 is 0. The Hall–Kier alpha value is -2.57. The summed E-state index contributed by atoms with van der Waals surface area (Å²) in [5.41, 5.74) is 4.24. The van der Waals surface area contributed by atoms with Crippen molar-refractivity contribution in [3.05, 3.63) is 82.9 Å². The van der Waals surface area contributed by atoms with E-state index in [0.717, 1.165) is 42.5 Å². The molecule has 5 rings (SSSR count). The van der Waals surface area contributed by atoms with Crippen molar-refractivity contribution in [2.24, 2.45) is 0 Å². The van der Waals surface area contributed by atoms with E-state index in [1.54, 1.807) is 12.1 Å². The highest BCUT2D eigenvalue weighted by molar-refractivity contribution is 5.33. The summed E-state index contributed by atoms with van der Waals surface area (Å²) in [5, 5.41) is 11.9. The maximum absolute atomic E-state index is 13.8. The van der Waals surface area contributed by atoms with Crippen LogP contribution in [0.3, 0.4) is 0 Å². The van der Waals surface area contributed by atoms with Gasteiger partial charge in [-0.05, 0) is 49.9 Å². The number of halogens is 1. The van der Waals surface area contributed by atoms with Crippen LogP contribution in [0.4, 0.5) is 4.39 Å². The molecule has 1 saturated heterocycles. The van der Waals surface area contributed by atoms with Gasteiger partial charge >= 0.3 is 0 Å². The SMILES string of the molecule is CC1CN(C(c2ccc(F)cc2)c2[nH]nnc2Cc2ccccc2)CC(C)N1C1CCC1. The van der Waals surface area contributed by atoms with Gasteiger partial charge in [0.1, 0.15) is 5.82 Å². The van der Waals surface area contributed by atoms with Crippen LogP contribution in [0.15, 0.2) is 54.6 Å². The molecule has 6 heteroatoms. The van der Waals surface area contributed by atoms with Crippen LogP contribution in [0.1, 0.15) is 61.7 Å². The summed E-state index contributed by atoms with van der Waals surface area (Å²) in [5.74, 6) is -0.212. The van der Waals surface area contributed by atoms with E-state index in [9.17, 15) is 4.39 Å². The summed E-state index contributed by atoms with van der Waals surface area (Å²) in [6, 6.07) is 18.9. The van der Waals surface area contributed by atoms with Gasteiger partial charge in [0, 0.05) is 37.6 Å². The lowest BCUT2D eigenvalue weighted by atomic mass is 9.87. The second kappa shape index (κ2) is 9.12. The molecule has 2 fully saturated rings. The van der Waals surface area contributed by atoms with Gasteiger partial charge in [-0.25, -0.2) is 4.39 Å². The van der Waals surface area contributed by atoms with Crippen molar-refractivity contribution in [1.82, 2.24) is 25.2 Å². The highest BCUT2D eigenvalue weighted by atomic mass is 19.1. The summed E-state index contributed by atoms with van der Waals surface area (Å²) in [4.78, 5) is 5.25. The number of H-pyrrole nitrogens is 1. The first-order chi connectivity index (χ1) is 15.6. The maximum Gasteiger partial charge on any atom is 0.123 e. The quantitative estimate of drug-likeness (QED) is 0.619. The molecule has 1 aromatic heterocycles. The Bertz CT molecular complexity index is 1000. The van der Waals surface area contributed by atoms with E-state index in [4.69, 9.17) is 0 Å². The number of nitrogens with zero attached hydrogens (tertiary/aromatic N) is 4.